The van der Waals surface area contributed by atoms with E-state index in [2.05, 4.69) is 6.58 Å². The SMILES string of the molecule is C=C(CC(Cl)Cl)C(=O)O. The molecule has 2 nitrogen and oxygen atoms in total. The summed E-state index contributed by atoms with van der Waals surface area (Å²) in [4.78, 5) is 9.35. The standard InChI is InChI=1S/C5H6Cl2O2/c1-3(5(8)9)2-4(6)7/h4H,1-2H2,(H,8,9). The molecule has 0 atom stereocenters. The van der Waals surface area contributed by atoms with Crippen molar-refractivity contribution in [3.8, 4) is 0 Å². The van der Waals surface area contributed by atoms with E-state index in [9.17, 15) is 4.79 Å². The summed E-state index contributed by atoms with van der Waals surface area (Å²) < 4.78 is 0. The second-order valence-electron chi connectivity index (χ2n) is 1.50. The maximum absolute atomic E-state index is 10.0. The Kier molecular flexibility index (Phi) is 3.66. The fraction of sp³-hybridized carbons (Fsp3) is 0.400. The smallest absolute Gasteiger partial charge is 0.331 e. The topological polar surface area (TPSA) is 37.3 Å². The first-order valence-electron chi connectivity index (χ1n) is 2.23. The first-order valence-corrected chi connectivity index (χ1v) is 3.10. The second kappa shape index (κ2) is 3.75. The number of carboxylic acids is 1. The number of halogens is 2. The number of alkyl halides is 2. The molecule has 1 N–H and O–H groups in total. The Morgan fingerprint density at radius 1 is 1.67 bits per heavy atom. The third-order valence-electron chi connectivity index (χ3n) is 0.703. The maximum atomic E-state index is 10.0. The minimum atomic E-state index is -1.05. The average Bonchev–Trinajstić information content (AvgIpc) is 1.63. The largest absolute Gasteiger partial charge is 0.478 e. The van der Waals surface area contributed by atoms with Crippen LogP contribution in [0.5, 0.6) is 0 Å². The van der Waals surface area contributed by atoms with Crippen molar-refractivity contribution in [2.75, 3.05) is 0 Å². The van der Waals surface area contributed by atoms with Crippen LogP contribution >= 0.6 is 23.2 Å². The number of aliphatic carboxylic acids is 1. The molecule has 9 heavy (non-hydrogen) atoms. The molecular formula is C5H6Cl2O2. The van der Waals surface area contributed by atoms with Crippen LogP contribution in [0.1, 0.15) is 6.42 Å². The zero-order chi connectivity index (χ0) is 7.44. The summed E-state index contributed by atoms with van der Waals surface area (Å²) in [5, 5.41) is 8.21. The van der Waals surface area contributed by atoms with E-state index in [0.717, 1.165) is 0 Å². The van der Waals surface area contributed by atoms with Gasteiger partial charge in [-0.2, -0.15) is 0 Å². The van der Waals surface area contributed by atoms with E-state index in [0.29, 0.717) is 0 Å². The Bertz CT molecular complexity index is 131. The van der Waals surface area contributed by atoms with Gasteiger partial charge in [0.25, 0.3) is 0 Å². The van der Waals surface area contributed by atoms with Crippen LogP contribution in [0.25, 0.3) is 0 Å². The predicted octanol–water partition coefficient (Wildman–Crippen LogP) is 1.82. The van der Waals surface area contributed by atoms with E-state index in [-0.39, 0.29) is 12.0 Å². The number of carbonyl (C=O) groups is 1. The van der Waals surface area contributed by atoms with Crippen molar-refractivity contribution >= 4 is 29.2 Å². The average molecular weight is 169 g/mol. The van der Waals surface area contributed by atoms with Gasteiger partial charge in [-0.1, -0.05) is 6.58 Å². The molecule has 4 heteroatoms. The molecule has 0 fully saturated rings. The highest BCUT2D eigenvalue weighted by molar-refractivity contribution is 6.44. The summed E-state index contributed by atoms with van der Waals surface area (Å²) in [6.45, 7) is 3.23. The molecule has 0 aliphatic rings. The summed E-state index contributed by atoms with van der Waals surface area (Å²) in [5.74, 6) is -1.05. The third-order valence-corrected chi connectivity index (χ3v) is 1.01. The zero-order valence-corrected chi connectivity index (χ0v) is 6.11. The van der Waals surface area contributed by atoms with Gasteiger partial charge in [0.15, 0.2) is 0 Å². The number of hydrogen-bond donors (Lipinski definition) is 1. The van der Waals surface area contributed by atoms with Crippen molar-refractivity contribution in [2.24, 2.45) is 0 Å². The molecule has 52 valence electrons. The van der Waals surface area contributed by atoms with Crippen LogP contribution in [-0.4, -0.2) is 15.9 Å². The molecule has 0 saturated carbocycles. The molecule has 0 bridgehead atoms. The van der Waals surface area contributed by atoms with Gasteiger partial charge < -0.3 is 5.11 Å². The first kappa shape index (κ1) is 8.79. The van der Waals surface area contributed by atoms with Crippen molar-refractivity contribution in [1.29, 1.82) is 0 Å². The van der Waals surface area contributed by atoms with Crippen LogP contribution in [0.2, 0.25) is 0 Å². The lowest BCUT2D eigenvalue weighted by Crippen LogP contribution is -2.01. The molecule has 0 saturated heterocycles. The summed E-state index contributed by atoms with van der Waals surface area (Å²) in [7, 11) is 0. The van der Waals surface area contributed by atoms with Gasteiger partial charge in [-0.15, -0.1) is 23.2 Å². The van der Waals surface area contributed by atoms with Crippen molar-refractivity contribution in [3.63, 3.8) is 0 Å². The summed E-state index contributed by atoms with van der Waals surface area (Å²) in [6.07, 6.45) is 0.110. The van der Waals surface area contributed by atoms with E-state index in [4.69, 9.17) is 28.3 Å². The maximum Gasteiger partial charge on any atom is 0.331 e. The molecule has 0 spiro atoms. The minimum absolute atomic E-state index is 0.0324. The number of hydrogen-bond acceptors (Lipinski definition) is 1. The zero-order valence-electron chi connectivity index (χ0n) is 4.60. The molecule has 0 radical (unpaired) electrons. The monoisotopic (exact) mass is 168 g/mol. The molecule has 0 rings (SSSR count). The van der Waals surface area contributed by atoms with E-state index < -0.39 is 10.8 Å². The molecule has 0 unspecified atom stereocenters. The van der Waals surface area contributed by atoms with Gasteiger partial charge in [0.1, 0.15) is 4.84 Å². The van der Waals surface area contributed by atoms with Gasteiger partial charge in [0.2, 0.25) is 0 Å². The third kappa shape index (κ3) is 4.30. The van der Waals surface area contributed by atoms with Gasteiger partial charge in [-0.05, 0) is 0 Å². The molecule has 0 aromatic heterocycles. The van der Waals surface area contributed by atoms with Crippen LogP contribution in [-0.2, 0) is 4.79 Å². The molecular weight excluding hydrogens is 163 g/mol. The van der Waals surface area contributed by atoms with Crippen molar-refractivity contribution in [1.82, 2.24) is 0 Å². The predicted molar refractivity (Wildman–Crippen MR) is 36.9 cm³/mol. The van der Waals surface area contributed by atoms with Gasteiger partial charge in [-0.25, -0.2) is 4.79 Å². The van der Waals surface area contributed by atoms with Crippen LogP contribution in [0.4, 0.5) is 0 Å². The molecule has 0 aliphatic carbocycles. The van der Waals surface area contributed by atoms with Crippen LogP contribution in [0.15, 0.2) is 12.2 Å². The molecule has 0 heterocycles. The highest BCUT2D eigenvalue weighted by Gasteiger charge is 2.07. The Morgan fingerprint density at radius 3 is 2.22 bits per heavy atom. The lowest BCUT2D eigenvalue weighted by molar-refractivity contribution is -0.132. The molecule has 0 aliphatic heterocycles. The molecule has 0 amide bonds. The minimum Gasteiger partial charge on any atom is -0.478 e. The van der Waals surface area contributed by atoms with Crippen molar-refractivity contribution in [3.05, 3.63) is 12.2 Å². The van der Waals surface area contributed by atoms with E-state index >= 15 is 0 Å². The summed E-state index contributed by atoms with van der Waals surface area (Å²) in [5.41, 5.74) is 0.0324. The van der Waals surface area contributed by atoms with Gasteiger partial charge in [0.05, 0.1) is 0 Å². The number of rotatable bonds is 3. The van der Waals surface area contributed by atoms with Crippen LogP contribution in [0, 0.1) is 0 Å². The second-order valence-corrected chi connectivity index (χ2v) is 2.78. The fourth-order valence-electron chi connectivity index (χ4n) is 0.274. The van der Waals surface area contributed by atoms with E-state index in [1.54, 1.807) is 0 Å². The van der Waals surface area contributed by atoms with Crippen LogP contribution in [0.3, 0.4) is 0 Å². The lowest BCUT2D eigenvalue weighted by atomic mass is 10.2. The van der Waals surface area contributed by atoms with Crippen molar-refractivity contribution in [2.45, 2.75) is 11.3 Å². The van der Waals surface area contributed by atoms with Crippen LogP contribution < -0.4 is 0 Å². The first-order chi connectivity index (χ1) is 4.04. The van der Waals surface area contributed by atoms with E-state index in [1.807, 2.05) is 0 Å². The fourth-order valence-corrected chi connectivity index (χ4v) is 0.646. The number of carboxylic acid groups (broad SMARTS) is 1. The highest BCUT2D eigenvalue weighted by atomic mass is 35.5. The quantitative estimate of drug-likeness (QED) is 0.516. The molecule has 0 aromatic rings. The Balaban J connectivity index is 3.65. The normalized spacial score (nSPS) is 9.67. The van der Waals surface area contributed by atoms with Gasteiger partial charge in [0, 0.05) is 12.0 Å². The summed E-state index contributed by atoms with van der Waals surface area (Å²) in [6, 6.07) is 0. The Hall–Kier alpha value is -0.210. The highest BCUT2D eigenvalue weighted by Crippen LogP contribution is 2.12. The summed E-state index contributed by atoms with van der Waals surface area (Å²) >= 11 is 10.5. The van der Waals surface area contributed by atoms with Gasteiger partial charge in [-0.3, -0.25) is 0 Å². The Labute approximate surface area is 63.1 Å². The van der Waals surface area contributed by atoms with E-state index in [1.165, 1.54) is 0 Å². The Morgan fingerprint density at radius 2 is 2.11 bits per heavy atom. The van der Waals surface area contributed by atoms with Crippen molar-refractivity contribution < 1.29 is 9.90 Å². The lowest BCUT2D eigenvalue weighted by Gasteiger charge is -1.97. The molecule has 0 aromatic carbocycles. The van der Waals surface area contributed by atoms with Gasteiger partial charge >= 0.3 is 5.97 Å².